The van der Waals surface area contributed by atoms with Crippen LogP contribution in [0.3, 0.4) is 0 Å². The van der Waals surface area contributed by atoms with Gasteiger partial charge in [-0.05, 0) is 0 Å². The quantitative estimate of drug-likeness (QED) is 0.582. The molecule has 0 aromatic heterocycles. The fourth-order valence-electron chi connectivity index (χ4n) is 0.475. The van der Waals surface area contributed by atoms with Crippen LogP contribution in [0, 0.1) is 0 Å². The lowest BCUT2D eigenvalue weighted by molar-refractivity contribution is 0.0644. The summed E-state index contributed by atoms with van der Waals surface area (Å²) in [6, 6.07) is 0. The van der Waals surface area contributed by atoms with Crippen molar-refractivity contribution in [1.82, 2.24) is 0 Å². The van der Waals surface area contributed by atoms with Crippen LogP contribution >= 0.6 is 0 Å². The zero-order valence-corrected chi connectivity index (χ0v) is 6.84. The Hall–Kier alpha value is -0.0731. The van der Waals surface area contributed by atoms with Crippen LogP contribution in [0.25, 0.3) is 0 Å². The standard InChI is InChI=1S/C4H9F3O2Si/c1-8-10(9-2)4(7)3(5)6/h3-4,10H,1-2H3. The average Bonchev–Trinajstić information content (AvgIpc) is 1.90. The van der Waals surface area contributed by atoms with Gasteiger partial charge in [0.15, 0.2) is 0 Å². The van der Waals surface area contributed by atoms with E-state index in [1.807, 2.05) is 0 Å². The molecule has 1 unspecified atom stereocenters. The fourth-order valence-corrected chi connectivity index (χ4v) is 1.43. The van der Waals surface area contributed by atoms with Crippen molar-refractivity contribution in [3.05, 3.63) is 0 Å². The summed E-state index contributed by atoms with van der Waals surface area (Å²) in [6.45, 7) is 0. The lowest BCUT2D eigenvalue weighted by atomic mass is 10.8. The Kier molecular flexibility index (Phi) is 4.66. The monoisotopic (exact) mass is 174 g/mol. The number of hydrogen-bond acceptors (Lipinski definition) is 2. The molecule has 0 spiro atoms. The number of hydrogen-bond donors (Lipinski definition) is 0. The lowest BCUT2D eigenvalue weighted by Gasteiger charge is -2.13. The summed E-state index contributed by atoms with van der Waals surface area (Å²) in [5, 5.41) is 0. The first-order valence-corrected chi connectivity index (χ1v) is 4.22. The maximum Gasteiger partial charge on any atom is 0.362 e. The van der Waals surface area contributed by atoms with Crippen LogP contribution in [0.15, 0.2) is 0 Å². The Labute approximate surface area is 58.8 Å². The molecular formula is C4H9F3O2Si. The third-order valence-corrected chi connectivity index (χ3v) is 2.71. The van der Waals surface area contributed by atoms with Crippen molar-refractivity contribution in [1.29, 1.82) is 0 Å². The van der Waals surface area contributed by atoms with Gasteiger partial charge in [0.2, 0.25) is 5.79 Å². The van der Waals surface area contributed by atoms with E-state index in [2.05, 4.69) is 8.85 Å². The van der Waals surface area contributed by atoms with E-state index in [0.29, 0.717) is 0 Å². The molecular weight excluding hydrogens is 165 g/mol. The topological polar surface area (TPSA) is 18.5 Å². The van der Waals surface area contributed by atoms with Gasteiger partial charge in [0.1, 0.15) is 0 Å². The van der Waals surface area contributed by atoms with Gasteiger partial charge in [-0.3, -0.25) is 0 Å². The van der Waals surface area contributed by atoms with Crippen molar-refractivity contribution < 1.29 is 22.0 Å². The summed E-state index contributed by atoms with van der Waals surface area (Å²) in [5.74, 6) is -2.24. The molecule has 0 aliphatic heterocycles. The third kappa shape index (κ3) is 2.67. The molecule has 0 saturated heterocycles. The first-order chi connectivity index (χ1) is 4.63. The smallest absolute Gasteiger partial charge is 0.362 e. The first-order valence-electron chi connectivity index (χ1n) is 2.61. The molecule has 0 bridgehead atoms. The van der Waals surface area contributed by atoms with Crippen LogP contribution in [0.2, 0.25) is 0 Å². The van der Waals surface area contributed by atoms with Crippen LogP contribution in [-0.4, -0.2) is 35.7 Å². The highest BCUT2D eigenvalue weighted by Crippen LogP contribution is 2.09. The summed E-state index contributed by atoms with van der Waals surface area (Å²) < 4.78 is 44.1. The highest BCUT2D eigenvalue weighted by molar-refractivity contribution is 6.46. The second-order valence-electron chi connectivity index (χ2n) is 1.62. The van der Waals surface area contributed by atoms with Gasteiger partial charge in [0.25, 0.3) is 6.43 Å². The van der Waals surface area contributed by atoms with Gasteiger partial charge < -0.3 is 8.85 Å². The van der Waals surface area contributed by atoms with Gasteiger partial charge in [-0.25, -0.2) is 13.2 Å². The van der Waals surface area contributed by atoms with Crippen molar-refractivity contribution in [2.24, 2.45) is 0 Å². The van der Waals surface area contributed by atoms with Gasteiger partial charge >= 0.3 is 9.28 Å². The van der Waals surface area contributed by atoms with Crippen molar-refractivity contribution in [2.75, 3.05) is 14.2 Å². The van der Waals surface area contributed by atoms with Crippen LogP contribution < -0.4 is 0 Å². The summed E-state index contributed by atoms with van der Waals surface area (Å²) >= 11 is 0. The van der Waals surface area contributed by atoms with Crippen molar-refractivity contribution in [3.8, 4) is 0 Å². The molecule has 0 aromatic carbocycles. The van der Waals surface area contributed by atoms with Gasteiger partial charge in [-0.2, -0.15) is 0 Å². The molecule has 0 aliphatic carbocycles. The summed E-state index contributed by atoms with van der Waals surface area (Å²) in [7, 11) is -0.437. The normalized spacial score (nSPS) is 14.7. The van der Waals surface area contributed by atoms with E-state index in [0.717, 1.165) is 14.2 Å². The molecule has 0 fully saturated rings. The minimum atomic E-state index is -3.00. The number of alkyl halides is 3. The second kappa shape index (κ2) is 4.70. The SMILES string of the molecule is CO[SiH](OC)C(F)C(F)F. The number of halogens is 3. The van der Waals surface area contributed by atoms with Gasteiger partial charge in [0, 0.05) is 14.2 Å². The highest BCUT2D eigenvalue weighted by atomic mass is 28.3. The van der Waals surface area contributed by atoms with E-state index >= 15 is 0 Å². The van der Waals surface area contributed by atoms with Crippen LogP contribution in [0.4, 0.5) is 13.2 Å². The molecule has 62 valence electrons. The van der Waals surface area contributed by atoms with Gasteiger partial charge in [-0.15, -0.1) is 0 Å². The molecule has 0 heterocycles. The third-order valence-electron chi connectivity index (χ3n) is 0.965. The zero-order chi connectivity index (χ0) is 8.15. The van der Waals surface area contributed by atoms with E-state index in [9.17, 15) is 13.2 Å². The molecule has 0 N–H and O–H groups in total. The second-order valence-corrected chi connectivity index (χ2v) is 3.94. The van der Waals surface area contributed by atoms with E-state index in [4.69, 9.17) is 0 Å². The molecule has 0 rings (SSSR count). The Balaban J connectivity index is 3.76. The van der Waals surface area contributed by atoms with Crippen LogP contribution in [0.5, 0.6) is 0 Å². The van der Waals surface area contributed by atoms with Crippen LogP contribution in [-0.2, 0) is 8.85 Å². The van der Waals surface area contributed by atoms with E-state index in [-0.39, 0.29) is 0 Å². The van der Waals surface area contributed by atoms with Gasteiger partial charge in [0.05, 0.1) is 0 Å². The first kappa shape index (κ1) is 9.93. The van der Waals surface area contributed by atoms with E-state index in [1.54, 1.807) is 0 Å². The molecule has 0 saturated carbocycles. The molecule has 0 aromatic rings. The highest BCUT2D eigenvalue weighted by Gasteiger charge is 2.32. The molecule has 0 amide bonds. The minimum Gasteiger partial charge on any atom is -0.398 e. The predicted molar refractivity (Wildman–Crippen MR) is 32.1 cm³/mol. The lowest BCUT2D eigenvalue weighted by Crippen LogP contribution is -2.37. The Morgan fingerprint density at radius 2 is 1.50 bits per heavy atom. The molecule has 0 radical (unpaired) electrons. The van der Waals surface area contributed by atoms with Crippen LogP contribution in [0.1, 0.15) is 0 Å². The maximum atomic E-state index is 12.3. The van der Waals surface area contributed by atoms with Crippen molar-refractivity contribution in [3.63, 3.8) is 0 Å². The Bertz CT molecular complexity index is 88.6. The largest absolute Gasteiger partial charge is 0.398 e. The zero-order valence-electron chi connectivity index (χ0n) is 5.68. The van der Waals surface area contributed by atoms with Crippen molar-refractivity contribution >= 4 is 9.28 Å². The number of rotatable bonds is 4. The Morgan fingerprint density at radius 3 is 1.60 bits per heavy atom. The minimum absolute atomic E-state index is 1.16. The van der Waals surface area contributed by atoms with Crippen molar-refractivity contribution in [2.45, 2.75) is 12.2 Å². The van der Waals surface area contributed by atoms with E-state index in [1.165, 1.54) is 0 Å². The van der Waals surface area contributed by atoms with Gasteiger partial charge in [-0.1, -0.05) is 0 Å². The molecule has 1 atom stereocenters. The van der Waals surface area contributed by atoms with E-state index < -0.39 is 21.5 Å². The Morgan fingerprint density at radius 1 is 1.10 bits per heavy atom. The molecule has 10 heavy (non-hydrogen) atoms. The maximum absolute atomic E-state index is 12.3. The summed E-state index contributed by atoms with van der Waals surface area (Å²) in [4.78, 5) is 0. The molecule has 6 heteroatoms. The average molecular weight is 174 g/mol. The molecule has 0 aliphatic rings. The fraction of sp³-hybridized carbons (Fsp3) is 1.00. The summed E-state index contributed by atoms with van der Waals surface area (Å²) in [6.07, 6.45) is -3.00. The summed E-state index contributed by atoms with van der Waals surface area (Å²) in [5.41, 5.74) is 0. The predicted octanol–water partition coefficient (Wildman–Crippen LogP) is 0.642. The molecule has 2 nitrogen and oxygen atoms in total.